The molecule has 0 amide bonds. The lowest BCUT2D eigenvalue weighted by Gasteiger charge is -2.11. The third-order valence-corrected chi connectivity index (χ3v) is 4.88. The van der Waals surface area contributed by atoms with E-state index in [0.29, 0.717) is 11.4 Å². The van der Waals surface area contributed by atoms with Crippen LogP contribution in [0.2, 0.25) is 0 Å². The molecule has 0 aliphatic rings. The van der Waals surface area contributed by atoms with Gasteiger partial charge in [0.1, 0.15) is 10.7 Å². The highest BCUT2D eigenvalue weighted by molar-refractivity contribution is 7.89. The first-order valence-electron chi connectivity index (χ1n) is 6.57. The molecule has 0 spiro atoms. The Hall–Kier alpha value is -2.25. The number of hydrogen-bond donors (Lipinski definition) is 1. The van der Waals surface area contributed by atoms with Crippen molar-refractivity contribution in [1.82, 2.24) is 9.29 Å². The van der Waals surface area contributed by atoms with Gasteiger partial charge < -0.3 is 5.32 Å². The van der Waals surface area contributed by atoms with Crippen LogP contribution in [-0.2, 0) is 10.0 Å². The summed E-state index contributed by atoms with van der Waals surface area (Å²) in [5.74, 6) is 0.524. The molecule has 6 nitrogen and oxygen atoms in total. The molecule has 7 heteroatoms. The number of sulfonamides is 1. The quantitative estimate of drug-likeness (QED) is 0.855. The van der Waals surface area contributed by atoms with E-state index in [2.05, 4.69) is 10.3 Å². The van der Waals surface area contributed by atoms with Gasteiger partial charge in [-0.25, -0.2) is 17.7 Å². The molecule has 0 atom stereocenters. The van der Waals surface area contributed by atoms with Crippen LogP contribution in [0.3, 0.4) is 0 Å². The minimum absolute atomic E-state index is 0.00270. The number of hydrogen-bond acceptors (Lipinski definition) is 5. The van der Waals surface area contributed by atoms with Crippen LogP contribution in [0.4, 0.5) is 11.5 Å². The van der Waals surface area contributed by atoms with Crippen LogP contribution in [-0.4, -0.2) is 37.6 Å². The van der Waals surface area contributed by atoms with Gasteiger partial charge in [-0.1, -0.05) is 0 Å². The van der Waals surface area contributed by atoms with Crippen molar-refractivity contribution < 1.29 is 13.2 Å². The number of Topliss-reactive ketones (excluding diaryl/α,β-unsaturated/α-hetero) is 1. The highest BCUT2D eigenvalue weighted by Crippen LogP contribution is 2.18. The number of aromatic nitrogens is 1. The van der Waals surface area contributed by atoms with Gasteiger partial charge >= 0.3 is 0 Å². The minimum Gasteiger partial charge on any atom is -0.340 e. The zero-order valence-electron chi connectivity index (χ0n) is 12.6. The number of pyridine rings is 1. The topological polar surface area (TPSA) is 79.4 Å². The number of anilines is 2. The fourth-order valence-corrected chi connectivity index (χ4v) is 2.60. The molecule has 0 aliphatic heterocycles. The SMILES string of the molecule is CC(=O)c1ccc(Nc2ccc(S(=O)(=O)N(C)C)cn2)cc1. The summed E-state index contributed by atoms with van der Waals surface area (Å²) in [6.45, 7) is 1.51. The number of ketones is 1. The van der Waals surface area contributed by atoms with Gasteiger partial charge in [-0.3, -0.25) is 4.79 Å². The molecule has 0 saturated heterocycles. The van der Waals surface area contributed by atoms with Gasteiger partial charge in [0.15, 0.2) is 5.78 Å². The number of carbonyl (C=O) groups excluding carboxylic acids is 1. The second kappa shape index (κ2) is 6.25. The van der Waals surface area contributed by atoms with Crippen LogP contribution < -0.4 is 5.32 Å². The van der Waals surface area contributed by atoms with Crippen LogP contribution in [0.15, 0.2) is 47.5 Å². The molecule has 2 rings (SSSR count). The predicted molar refractivity (Wildman–Crippen MR) is 84.8 cm³/mol. The molecule has 0 radical (unpaired) electrons. The fraction of sp³-hybridized carbons (Fsp3) is 0.200. The van der Waals surface area contributed by atoms with Crippen molar-refractivity contribution in [2.75, 3.05) is 19.4 Å². The standard InChI is InChI=1S/C15H17N3O3S/c1-11(19)12-4-6-13(7-5-12)17-15-9-8-14(10-16-15)22(20,21)18(2)3/h4-10H,1-3H3,(H,16,17). The molecular weight excluding hydrogens is 302 g/mol. The Morgan fingerprint density at radius 3 is 2.18 bits per heavy atom. The largest absolute Gasteiger partial charge is 0.340 e. The first kappa shape index (κ1) is 16.1. The van der Waals surface area contributed by atoms with Crippen LogP contribution in [0.25, 0.3) is 0 Å². The third-order valence-electron chi connectivity index (χ3n) is 3.08. The van der Waals surface area contributed by atoms with E-state index >= 15 is 0 Å². The van der Waals surface area contributed by atoms with Crippen LogP contribution in [0.5, 0.6) is 0 Å². The van der Waals surface area contributed by atoms with Crippen molar-refractivity contribution >= 4 is 27.3 Å². The summed E-state index contributed by atoms with van der Waals surface area (Å²) in [7, 11) is -0.535. The third kappa shape index (κ3) is 3.49. The van der Waals surface area contributed by atoms with Crippen LogP contribution in [0.1, 0.15) is 17.3 Å². The van der Waals surface area contributed by atoms with Crippen molar-refractivity contribution in [2.45, 2.75) is 11.8 Å². The summed E-state index contributed by atoms with van der Waals surface area (Å²) in [6, 6.07) is 10.1. The van der Waals surface area contributed by atoms with E-state index in [1.54, 1.807) is 30.3 Å². The van der Waals surface area contributed by atoms with Gasteiger partial charge in [0.05, 0.1) is 0 Å². The van der Waals surface area contributed by atoms with E-state index in [0.717, 1.165) is 9.99 Å². The summed E-state index contributed by atoms with van der Waals surface area (Å²) in [5, 5.41) is 3.05. The molecule has 0 unspecified atom stereocenters. The fourth-order valence-electron chi connectivity index (χ4n) is 1.75. The van der Waals surface area contributed by atoms with E-state index in [1.165, 1.54) is 33.3 Å². The molecule has 0 saturated carbocycles. The summed E-state index contributed by atoms with van der Waals surface area (Å²) in [4.78, 5) is 15.4. The predicted octanol–water partition coefficient (Wildman–Crippen LogP) is 2.28. The van der Waals surface area contributed by atoms with Crippen molar-refractivity contribution in [3.63, 3.8) is 0 Å². The molecule has 1 aromatic heterocycles. The Balaban J connectivity index is 2.16. The number of benzene rings is 1. The lowest BCUT2D eigenvalue weighted by molar-refractivity contribution is 0.101. The molecule has 1 N–H and O–H groups in total. The van der Waals surface area contributed by atoms with E-state index in [1.807, 2.05) is 0 Å². The zero-order chi connectivity index (χ0) is 16.3. The van der Waals surface area contributed by atoms with Gasteiger partial charge in [-0.15, -0.1) is 0 Å². The molecular formula is C15H17N3O3S. The number of nitrogens with zero attached hydrogens (tertiary/aromatic N) is 2. The average molecular weight is 319 g/mol. The molecule has 0 fully saturated rings. The summed E-state index contributed by atoms with van der Waals surface area (Å²) in [5.41, 5.74) is 1.40. The van der Waals surface area contributed by atoms with Crippen molar-refractivity contribution in [2.24, 2.45) is 0 Å². The normalized spacial score (nSPS) is 11.5. The lowest BCUT2D eigenvalue weighted by atomic mass is 10.1. The molecule has 0 aliphatic carbocycles. The monoisotopic (exact) mass is 319 g/mol. The summed E-state index contributed by atoms with van der Waals surface area (Å²) < 4.78 is 25.0. The Bertz CT molecular complexity index is 767. The molecule has 116 valence electrons. The number of rotatable bonds is 5. The molecule has 1 heterocycles. The summed E-state index contributed by atoms with van der Waals surface area (Å²) in [6.07, 6.45) is 1.31. The van der Waals surface area contributed by atoms with Crippen molar-refractivity contribution in [1.29, 1.82) is 0 Å². The zero-order valence-corrected chi connectivity index (χ0v) is 13.4. The minimum atomic E-state index is -3.48. The highest BCUT2D eigenvalue weighted by Gasteiger charge is 2.17. The van der Waals surface area contributed by atoms with E-state index < -0.39 is 10.0 Å². The van der Waals surface area contributed by atoms with Gasteiger partial charge in [0.25, 0.3) is 0 Å². The highest BCUT2D eigenvalue weighted by atomic mass is 32.2. The van der Waals surface area contributed by atoms with E-state index in [9.17, 15) is 13.2 Å². The first-order valence-corrected chi connectivity index (χ1v) is 8.01. The van der Waals surface area contributed by atoms with Gasteiger partial charge in [0.2, 0.25) is 10.0 Å². The number of carbonyl (C=O) groups is 1. The second-order valence-corrected chi connectivity index (χ2v) is 7.08. The van der Waals surface area contributed by atoms with Crippen molar-refractivity contribution in [3.8, 4) is 0 Å². The van der Waals surface area contributed by atoms with E-state index in [-0.39, 0.29) is 10.7 Å². The maximum absolute atomic E-state index is 11.9. The van der Waals surface area contributed by atoms with Gasteiger partial charge in [-0.2, -0.15) is 0 Å². The molecule has 2 aromatic rings. The molecule has 0 bridgehead atoms. The first-order chi connectivity index (χ1) is 10.3. The van der Waals surface area contributed by atoms with Crippen LogP contribution >= 0.6 is 0 Å². The van der Waals surface area contributed by atoms with Crippen LogP contribution in [0, 0.1) is 0 Å². The Kier molecular flexibility index (Phi) is 4.58. The number of nitrogens with one attached hydrogen (secondary N) is 1. The maximum atomic E-state index is 11.9. The lowest BCUT2D eigenvalue weighted by Crippen LogP contribution is -2.22. The molecule has 1 aromatic carbocycles. The van der Waals surface area contributed by atoms with Gasteiger partial charge in [-0.05, 0) is 43.3 Å². The Morgan fingerprint density at radius 1 is 1.09 bits per heavy atom. The Morgan fingerprint density at radius 2 is 1.73 bits per heavy atom. The Labute approximate surface area is 129 Å². The summed E-state index contributed by atoms with van der Waals surface area (Å²) >= 11 is 0. The smallest absolute Gasteiger partial charge is 0.244 e. The molecule has 22 heavy (non-hydrogen) atoms. The second-order valence-electron chi connectivity index (χ2n) is 4.93. The maximum Gasteiger partial charge on any atom is 0.244 e. The average Bonchev–Trinajstić information content (AvgIpc) is 2.48. The van der Waals surface area contributed by atoms with Gasteiger partial charge in [0, 0.05) is 31.5 Å². The van der Waals surface area contributed by atoms with Crippen molar-refractivity contribution in [3.05, 3.63) is 48.2 Å². The van der Waals surface area contributed by atoms with E-state index in [4.69, 9.17) is 0 Å².